The molecule has 0 bridgehead atoms. The smallest absolute Gasteiger partial charge is 0.343 e. The first-order valence-corrected chi connectivity index (χ1v) is 9.60. The first-order valence-electron chi connectivity index (χ1n) is 9.60. The van der Waals surface area contributed by atoms with Crippen LogP contribution in [0.25, 0.3) is 10.8 Å². The Balaban J connectivity index is 1.52. The standard InChI is InChI=1S/C24H16O10/c25-17-7-13(8-18(26)21(17)29)23(31)33-15-3-1-11-5-16(4-2-12(11)6-15)34-24(32)14-9-19(27)22(30)20(28)10-14/h1-10,25-30H. The third kappa shape index (κ3) is 4.28. The number of fused-ring (bicyclic) bond motifs is 1. The third-order valence-electron chi connectivity index (χ3n) is 4.82. The average Bonchev–Trinajstić information content (AvgIpc) is 2.80. The molecule has 10 nitrogen and oxygen atoms in total. The van der Waals surface area contributed by atoms with Gasteiger partial charge in [0.15, 0.2) is 34.5 Å². The maximum absolute atomic E-state index is 12.3. The molecule has 0 aliphatic rings. The Morgan fingerprint density at radius 1 is 0.500 bits per heavy atom. The third-order valence-corrected chi connectivity index (χ3v) is 4.82. The maximum Gasteiger partial charge on any atom is 0.343 e. The van der Waals surface area contributed by atoms with E-state index in [2.05, 4.69) is 0 Å². The van der Waals surface area contributed by atoms with E-state index in [-0.39, 0.29) is 22.6 Å². The lowest BCUT2D eigenvalue weighted by molar-refractivity contribution is 0.0724. The summed E-state index contributed by atoms with van der Waals surface area (Å²) in [6.07, 6.45) is 0. The number of rotatable bonds is 4. The van der Waals surface area contributed by atoms with Crippen molar-refractivity contribution in [2.75, 3.05) is 0 Å². The summed E-state index contributed by atoms with van der Waals surface area (Å²) in [5.74, 6) is -5.65. The van der Waals surface area contributed by atoms with Crippen LogP contribution in [0.2, 0.25) is 0 Å². The molecule has 0 fully saturated rings. The summed E-state index contributed by atoms with van der Waals surface area (Å²) in [6.45, 7) is 0. The van der Waals surface area contributed by atoms with Gasteiger partial charge in [-0.2, -0.15) is 0 Å². The molecule has 0 aromatic heterocycles. The quantitative estimate of drug-likeness (QED) is 0.149. The average molecular weight is 464 g/mol. The summed E-state index contributed by atoms with van der Waals surface area (Å²) in [5, 5.41) is 58.2. The fourth-order valence-corrected chi connectivity index (χ4v) is 3.10. The fraction of sp³-hybridized carbons (Fsp3) is 0. The zero-order chi connectivity index (χ0) is 24.6. The summed E-state index contributed by atoms with van der Waals surface area (Å²) >= 11 is 0. The number of aromatic hydroxyl groups is 6. The van der Waals surface area contributed by atoms with Crippen molar-refractivity contribution in [2.24, 2.45) is 0 Å². The minimum absolute atomic E-state index is 0.157. The molecule has 4 rings (SSSR count). The van der Waals surface area contributed by atoms with E-state index in [1.54, 1.807) is 12.1 Å². The normalized spacial score (nSPS) is 10.7. The van der Waals surface area contributed by atoms with Crippen LogP contribution in [0.3, 0.4) is 0 Å². The molecule has 0 amide bonds. The van der Waals surface area contributed by atoms with Gasteiger partial charge in [0.2, 0.25) is 0 Å². The van der Waals surface area contributed by atoms with Crippen molar-refractivity contribution in [2.45, 2.75) is 0 Å². The van der Waals surface area contributed by atoms with Crippen molar-refractivity contribution in [1.82, 2.24) is 0 Å². The molecule has 0 radical (unpaired) electrons. The van der Waals surface area contributed by atoms with E-state index in [9.17, 15) is 40.2 Å². The van der Waals surface area contributed by atoms with Gasteiger partial charge in [0.05, 0.1) is 11.1 Å². The highest BCUT2D eigenvalue weighted by Crippen LogP contribution is 2.37. The van der Waals surface area contributed by atoms with Crippen LogP contribution < -0.4 is 9.47 Å². The van der Waals surface area contributed by atoms with Crippen molar-refractivity contribution in [3.63, 3.8) is 0 Å². The molecule has 10 heteroatoms. The monoisotopic (exact) mass is 464 g/mol. The van der Waals surface area contributed by atoms with Gasteiger partial charge >= 0.3 is 11.9 Å². The molecule has 0 aliphatic heterocycles. The van der Waals surface area contributed by atoms with E-state index in [1.165, 1.54) is 24.3 Å². The highest BCUT2D eigenvalue weighted by atomic mass is 16.5. The van der Waals surface area contributed by atoms with E-state index in [0.29, 0.717) is 10.8 Å². The largest absolute Gasteiger partial charge is 0.504 e. The van der Waals surface area contributed by atoms with E-state index in [1.807, 2.05) is 0 Å². The lowest BCUT2D eigenvalue weighted by Crippen LogP contribution is -2.08. The molecule has 6 N–H and O–H groups in total. The van der Waals surface area contributed by atoms with Crippen LogP contribution in [0, 0.1) is 0 Å². The molecule has 0 heterocycles. The SMILES string of the molecule is O=C(Oc1ccc2cc(OC(=O)c3cc(O)c(O)c(O)c3)ccc2c1)c1cc(O)c(O)c(O)c1. The molecule has 0 unspecified atom stereocenters. The first-order chi connectivity index (χ1) is 16.1. The number of esters is 2. The Labute approximate surface area is 190 Å². The van der Waals surface area contributed by atoms with Crippen LogP contribution in [0.15, 0.2) is 60.7 Å². The second-order valence-electron chi connectivity index (χ2n) is 7.18. The minimum Gasteiger partial charge on any atom is -0.504 e. The molecule has 4 aromatic carbocycles. The Hall–Kier alpha value is -5.12. The molecular weight excluding hydrogens is 448 g/mol. The molecule has 4 aromatic rings. The van der Waals surface area contributed by atoms with Gasteiger partial charge in [-0.25, -0.2) is 9.59 Å². The molecular formula is C24H16O10. The van der Waals surface area contributed by atoms with Gasteiger partial charge in [0.1, 0.15) is 11.5 Å². The van der Waals surface area contributed by atoms with Crippen LogP contribution >= 0.6 is 0 Å². The predicted octanol–water partition coefficient (Wildman–Crippen LogP) is 3.51. The minimum atomic E-state index is -0.879. The van der Waals surface area contributed by atoms with Crippen LogP contribution in [-0.2, 0) is 0 Å². The Kier molecular flexibility index (Phi) is 5.48. The van der Waals surface area contributed by atoms with Crippen LogP contribution in [0.5, 0.6) is 46.0 Å². The molecule has 0 atom stereocenters. The number of phenols is 6. The number of ether oxygens (including phenoxy) is 2. The molecule has 34 heavy (non-hydrogen) atoms. The van der Waals surface area contributed by atoms with Crippen molar-refractivity contribution in [3.05, 3.63) is 71.8 Å². The van der Waals surface area contributed by atoms with Crippen molar-refractivity contribution in [3.8, 4) is 46.0 Å². The van der Waals surface area contributed by atoms with Crippen LogP contribution in [0.1, 0.15) is 20.7 Å². The van der Waals surface area contributed by atoms with E-state index in [0.717, 1.165) is 24.3 Å². The van der Waals surface area contributed by atoms with Gasteiger partial charge in [0.25, 0.3) is 0 Å². The molecule has 0 aliphatic carbocycles. The van der Waals surface area contributed by atoms with Gasteiger partial charge < -0.3 is 40.1 Å². The van der Waals surface area contributed by atoms with Crippen molar-refractivity contribution in [1.29, 1.82) is 0 Å². The molecule has 0 saturated carbocycles. The number of carbonyl (C=O) groups excluding carboxylic acids is 2. The Morgan fingerprint density at radius 2 is 0.824 bits per heavy atom. The molecule has 0 spiro atoms. The molecule has 172 valence electrons. The summed E-state index contributed by atoms with van der Waals surface area (Å²) in [4.78, 5) is 24.6. The highest BCUT2D eigenvalue weighted by molar-refractivity contribution is 5.95. The zero-order valence-corrected chi connectivity index (χ0v) is 17.1. The Bertz CT molecular complexity index is 1300. The highest BCUT2D eigenvalue weighted by Gasteiger charge is 2.17. The van der Waals surface area contributed by atoms with Gasteiger partial charge in [0, 0.05) is 0 Å². The van der Waals surface area contributed by atoms with Gasteiger partial charge in [-0.05, 0) is 59.3 Å². The number of carbonyl (C=O) groups is 2. The zero-order valence-electron chi connectivity index (χ0n) is 17.1. The Morgan fingerprint density at radius 3 is 1.15 bits per heavy atom. The maximum atomic E-state index is 12.3. The topological polar surface area (TPSA) is 174 Å². The molecule has 0 saturated heterocycles. The lowest BCUT2D eigenvalue weighted by Gasteiger charge is -2.09. The van der Waals surface area contributed by atoms with Crippen LogP contribution in [-0.4, -0.2) is 42.6 Å². The van der Waals surface area contributed by atoms with E-state index in [4.69, 9.17) is 9.47 Å². The first kappa shape index (κ1) is 22.1. The lowest BCUT2D eigenvalue weighted by atomic mass is 10.1. The second kappa shape index (κ2) is 8.43. The summed E-state index contributed by atoms with van der Waals surface area (Å²) in [6, 6.07) is 13.0. The second-order valence-corrected chi connectivity index (χ2v) is 7.18. The number of phenolic OH excluding ortho intramolecular Hbond substituents is 6. The van der Waals surface area contributed by atoms with Gasteiger partial charge in [-0.1, -0.05) is 12.1 Å². The van der Waals surface area contributed by atoms with E-state index < -0.39 is 46.4 Å². The predicted molar refractivity (Wildman–Crippen MR) is 117 cm³/mol. The summed E-state index contributed by atoms with van der Waals surface area (Å²) in [7, 11) is 0. The number of hydrogen-bond donors (Lipinski definition) is 6. The van der Waals surface area contributed by atoms with Gasteiger partial charge in [-0.3, -0.25) is 0 Å². The number of hydrogen-bond acceptors (Lipinski definition) is 10. The summed E-state index contributed by atoms with van der Waals surface area (Å²) in [5.41, 5.74) is -0.358. The summed E-state index contributed by atoms with van der Waals surface area (Å²) < 4.78 is 10.5. The fourth-order valence-electron chi connectivity index (χ4n) is 3.10. The van der Waals surface area contributed by atoms with Gasteiger partial charge in [-0.15, -0.1) is 0 Å². The van der Waals surface area contributed by atoms with Crippen molar-refractivity contribution >= 4 is 22.7 Å². The van der Waals surface area contributed by atoms with E-state index >= 15 is 0 Å². The van der Waals surface area contributed by atoms with Crippen molar-refractivity contribution < 1.29 is 49.7 Å². The number of benzene rings is 4. The van der Waals surface area contributed by atoms with Crippen LogP contribution in [0.4, 0.5) is 0 Å².